The van der Waals surface area contributed by atoms with Gasteiger partial charge >= 0.3 is 6.18 Å². The molecule has 0 aliphatic heterocycles. The van der Waals surface area contributed by atoms with Crippen LogP contribution in [0.1, 0.15) is 11.1 Å². The topological polar surface area (TPSA) is 89.3 Å². The number of nitrogens with zero attached hydrogens (tertiary/aromatic N) is 1. The molecule has 10 heteroatoms. The lowest BCUT2D eigenvalue weighted by molar-refractivity contribution is -0.384. The van der Waals surface area contributed by atoms with Crippen molar-refractivity contribution in [3.8, 4) is 0 Å². The molecule has 24 heavy (non-hydrogen) atoms. The lowest BCUT2D eigenvalue weighted by atomic mass is 10.2. The van der Waals surface area contributed by atoms with Gasteiger partial charge < -0.3 is 0 Å². The summed E-state index contributed by atoms with van der Waals surface area (Å²) in [4.78, 5) is 9.68. The van der Waals surface area contributed by atoms with Crippen LogP contribution in [0.4, 0.5) is 24.5 Å². The van der Waals surface area contributed by atoms with Gasteiger partial charge in [0.25, 0.3) is 15.7 Å². The molecule has 6 nitrogen and oxygen atoms in total. The van der Waals surface area contributed by atoms with Crippen molar-refractivity contribution in [3.05, 3.63) is 63.7 Å². The highest BCUT2D eigenvalue weighted by Gasteiger charge is 2.30. The van der Waals surface area contributed by atoms with Crippen LogP contribution >= 0.6 is 0 Å². The third kappa shape index (κ3) is 3.82. The number of nitro benzene ring substituents is 1. The number of alkyl halides is 3. The minimum atomic E-state index is -4.58. The maximum atomic E-state index is 12.5. The highest BCUT2D eigenvalue weighted by molar-refractivity contribution is 7.92. The first-order valence-corrected chi connectivity index (χ1v) is 7.94. The summed E-state index contributed by atoms with van der Waals surface area (Å²) in [7, 11) is -4.18. The summed E-state index contributed by atoms with van der Waals surface area (Å²) in [6.07, 6.45) is -4.58. The highest BCUT2D eigenvalue weighted by Crippen LogP contribution is 2.30. The van der Waals surface area contributed by atoms with Crippen molar-refractivity contribution >= 4 is 21.4 Å². The molecule has 128 valence electrons. The molecule has 0 unspecified atom stereocenters. The molecule has 0 saturated heterocycles. The Hall–Kier alpha value is -2.62. The molecule has 2 aromatic rings. The Labute approximate surface area is 135 Å². The largest absolute Gasteiger partial charge is 0.416 e. The van der Waals surface area contributed by atoms with Crippen LogP contribution in [0.3, 0.4) is 0 Å². The van der Waals surface area contributed by atoms with E-state index in [1.807, 2.05) is 0 Å². The summed E-state index contributed by atoms with van der Waals surface area (Å²) < 4.78 is 64.1. The first-order valence-electron chi connectivity index (χ1n) is 6.46. The first-order chi connectivity index (χ1) is 11.0. The maximum absolute atomic E-state index is 12.5. The van der Waals surface area contributed by atoms with Gasteiger partial charge in [0.05, 0.1) is 21.1 Å². The van der Waals surface area contributed by atoms with Gasteiger partial charge in [-0.3, -0.25) is 14.8 Å². The summed E-state index contributed by atoms with van der Waals surface area (Å²) in [5.41, 5.74) is -0.890. The second-order valence-electron chi connectivity index (χ2n) is 4.88. The highest BCUT2D eigenvalue weighted by atomic mass is 32.2. The summed E-state index contributed by atoms with van der Waals surface area (Å²) in [6.45, 7) is 1.54. The lowest BCUT2D eigenvalue weighted by Crippen LogP contribution is -2.14. The smallest absolute Gasteiger partial charge is 0.279 e. The second kappa shape index (κ2) is 6.11. The number of halogens is 3. The Morgan fingerprint density at radius 2 is 1.67 bits per heavy atom. The van der Waals surface area contributed by atoms with Gasteiger partial charge in [-0.2, -0.15) is 13.2 Å². The molecular formula is C14H11F3N2O4S. The van der Waals surface area contributed by atoms with Crippen LogP contribution in [0, 0.1) is 17.0 Å². The molecule has 0 aliphatic carbocycles. The first kappa shape index (κ1) is 17.7. The number of hydrogen-bond donors (Lipinski definition) is 1. The molecular weight excluding hydrogens is 349 g/mol. The SMILES string of the molecule is Cc1ccc([N+](=O)[O-])cc1NS(=O)(=O)c1ccc(C(F)(F)F)cc1. The van der Waals surface area contributed by atoms with E-state index in [2.05, 4.69) is 4.72 Å². The molecule has 0 atom stereocenters. The third-order valence-electron chi connectivity index (χ3n) is 3.17. The van der Waals surface area contributed by atoms with E-state index >= 15 is 0 Å². The molecule has 0 radical (unpaired) electrons. The molecule has 0 saturated carbocycles. The van der Waals surface area contributed by atoms with Crippen LogP contribution in [0.5, 0.6) is 0 Å². The van der Waals surface area contributed by atoms with Crippen molar-refractivity contribution < 1.29 is 26.5 Å². The maximum Gasteiger partial charge on any atom is 0.416 e. The average Bonchev–Trinajstić information content (AvgIpc) is 2.48. The zero-order valence-electron chi connectivity index (χ0n) is 12.2. The average molecular weight is 360 g/mol. The van der Waals surface area contributed by atoms with E-state index in [0.717, 1.165) is 18.2 Å². The predicted molar refractivity (Wildman–Crippen MR) is 80.1 cm³/mol. The number of hydrogen-bond acceptors (Lipinski definition) is 4. The van der Waals surface area contributed by atoms with Crippen LogP contribution < -0.4 is 4.72 Å². The zero-order valence-corrected chi connectivity index (χ0v) is 13.0. The Morgan fingerprint density at radius 1 is 1.08 bits per heavy atom. The summed E-state index contributed by atoms with van der Waals surface area (Å²) >= 11 is 0. The minimum absolute atomic E-state index is 0.0240. The number of benzene rings is 2. The number of nitrogens with one attached hydrogen (secondary N) is 1. The second-order valence-corrected chi connectivity index (χ2v) is 6.57. The number of sulfonamides is 1. The van der Waals surface area contributed by atoms with Crippen molar-refractivity contribution in [2.24, 2.45) is 0 Å². The van der Waals surface area contributed by atoms with Gasteiger partial charge in [-0.1, -0.05) is 6.07 Å². The molecule has 0 amide bonds. The Balaban J connectivity index is 2.35. The fourth-order valence-electron chi connectivity index (χ4n) is 1.86. The van der Waals surface area contributed by atoms with E-state index in [1.54, 1.807) is 0 Å². The molecule has 0 aromatic heterocycles. The normalized spacial score (nSPS) is 12.0. The van der Waals surface area contributed by atoms with E-state index in [0.29, 0.717) is 17.7 Å². The van der Waals surface area contributed by atoms with Crippen LogP contribution in [0.25, 0.3) is 0 Å². The van der Waals surface area contributed by atoms with Crippen molar-refractivity contribution in [3.63, 3.8) is 0 Å². The molecule has 1 N–H and O–H groups in total. The fourth-order valence-corrected chi connectivity index (χ4v) is 2.98. The molecule has 0 fully saturated rings. The van der Waals surface area contributed by atoms with E-state index in [9.17, 15) is 31.7 Å². The summed E-state index contributed by atoms with van der Waals surface area (Å²) in [5, 5.41) is 10.8. The lowest BCUT2D eigenvalue weighted by Gasteiger charge is -2.11. The number of aryl methyl sites for hydroxylation is 1. The van der Waals surface area contributed by atoms with Crippen LogP contribution in [0.2, 0.25) is 0 Å². The molecule has 2 aromatic carbocycles. The van der Waals surface area contributed by atoms with Crippen molar-refractivity contribution in [1.29, 1.82) is 0 Å². The van der Waals surface area contributed by atoms with Crippen LogP contribution in [-0.4, -0.2) is 13.3 Å². The standard InChI is InChI=1S/C14H11F3N2O4S/c1-9-2-5-11(19(20)21)8-13(9)18-24(22,23)12-6-3-10(4-7-12)14(15,16)17/h2-8,18H,1H3. The molecule has 2 rings (SSSR count). The minimum Gasteiger partial charge on any atom is -0.279 e. The molecule has 0 heterocycles. The van der Waals surface area contributed by atoms with Gasteiger partial charge in [0, 0.05) is 12.1 Å². The molecule has 0 bridgehead atoms. The van der Waals surface area contributed by atoms with Gasteiger partial charge in [0.2, 0.25) is 0 Å². The Bertz CT molecular complexity index is 878. The Kier molecular flexibility index (Phi) is 4.52. The van der Waals surface area contributed by atoms with E-state index in [1.165, 1.54) is 19.1 Å². The van der Waals surface area contributed by atoms with Crippen LogP contribution in [-0.2, 0) is 16.2 Å². The number of rotatable bonds is 4. The van der Waals surface area contributed by atoms with Crippen molar-refractivity contribution in [2.75, 3.05) is 4.72 Å². The van der Waals surface area contributed by atoms with Gasteiger partial charge in [-0.15, -0.1) is 0 Å². The van der Waals surface area contributed by atoms with Gasteiger partial charge in [-0.25, -0.2) is 8.42 Å². The van der Waals surface area contributed by atoms with E-state index < -0.39 is 26.7 Å². The zero-order chi connectivity index (χ0) is 18.1. The molecule has 0 spiro atoms. The fraction of sp³-hybridized carbons (Fsp3) is 0.143. The summed E-state index contributed by atoms with van der Waals surface area (Å²) in [6, 6.07) is 6.55. The molecule has 0 aliphatic rings. The van der Waals surface area contributed by atoms with Crippen LogP contribution in [0.15, 0.2) is 47.4 Å². The number of non-ortho nitro benzene ring substituents is 1. The number of nitro groups is 1. The van der Waals surface area contributed by atoms with Gasteiger partial charge in [-0.05, 0) is 36.8 Å². The summed E-state index contributed by atoms with van der Waals surface area (Å²) in [5.74, 6) is 0. The van der Waals surface area contributed by atoms with Crippen molar-refractivity contribution in [1.82, 2.24) is 0 Å². The van der Waals surface area contributed by atoms with Crippen molar-refractivity contribution in [2.45, 2.75) is 18.0 Å². The Morgan fingerprint density at radius 3 is 2.17 bits per heavy atom. The third-order valence-corrected chi connectivity index (χ3v) is 4.55. The monoisotopic (exact) mass is 360 g/mol. The quantitative estimate of drug-likeness (QED) is 0.665. The predicted octanol–water partition coefficient (Wildman–Crippen LogP) is 3.72. The van der Waals surface area contributed by atoms with E-state index in [-0.39, 0.29) is 16.3 Å². The van der Waals surface area contributed by atoms with Gasteiger partial charge in [0.1, 0.15) is 0 Å². The van der Waals surface area contributed by atoms with E-state index in [4.69, 9.17) is 0 Å². The van der Waals surface area contributed by atoms with Gasteiger partial charge in [0.15, 0.2) is 0 Å². The number of anilines is 1.